The SMILES string of the molecule is CC(=O)C[C@H]1O[C@@H](On2cc(CN3C(=O)C(=O)c4ccccc43)nn2)[C@H](OC(C)=O)[C@@H](OC(C)=O)[C@H]1OC(C)=O. The summed E-state index contributed by atoms with van der Waals surface area (Å²) in [5.41, 5.74) is 0.921. The lowest BCUT2D eigenvalue weighted by molar-refractivity contribution is -0.305. The predicted octanol–water partition coefficient (Wildman–Crippen LogP) is -0.0647. The van der Waals surface area contributed by atoms with Gasteiger partial charge in [0.05, 0.1) is 24.0 Å². The molecule has 0 aliphatic carbocycles. The molecule has 15 heteroatoms. The van der Waals surface area contributed by atoms with Crippen molar-refractivity contribution in [1.82, 2.24) is 15.2 Å². The Labute approximate surface area is 227 Å². The summed E-state index contributed by atoms with van der Waals surface area (Å²) >= 11 is 0. The minimum absolute atomic E-state index is 0.110. The standard InChI is InChI=1S/C25H26N4O11/c1-12(30)9-19-21(36-13(2)31)22(37-14(3)32)23(38-15(4)33)25(39-19)40-29-11-16(26-27-29)10-28-18-8-6-5-7-17(18)20(34)24(28)35/h5-8,11,19,21-23,25H,9-10H2,1-4H3/t19-,21+,22+,23-,25+/m1/s1. The van der Waals surface area contributed by atoms with E-state index in [1.165, 1.54) is 18.0 Å². The van der Waals surface area contributed by atoms with E-state index in [4.69, 9.17) is 23.8 Å². The molecular formula is C25H26N4O11. The Hall–Kier alpha value is -4.66. The predicted molar refractivity (Wildman–Crippen MR) is 129 cm³/mol. The Balaban J connectivity index is 1.60. The molecule has 5 atom stereocenters. The summed E-state index contributed by atoms with van der Waals surface area (Å²) in [5, 5.41) is 7.81. The van der Waals surface area contributed by atoms with Crippen LogP contribution >= 0.6 is 0 Å². The summed E-state index contributed by atoms with van der Waals surface area (Å²) in [6.07, 6.45) is -5.77. The van der Waals surface area contributed by atoms with Gasteiger partial charge < -0.3 is 23.8 Å². The van der Waals surface area contributed by atoms with Crippen molar-refractivity contribution in [2.24, 2.45) is 0 Å². The van der Waals surface area contributed by atoms with E-state index in [0.29, 0.717) is 5.69 Å². The number of aromatic nitrogens is 3. The number of hydrogen-bond donors (Lipinski definition) is 0. The van der Waals surface area contributed by atoms with Gasteiger partial charge in [0, 0.05) is 27.2 Å². The maximum atomic E-state index is 12.5. The number of esters is 3. The van der Waals surface area contributed by atoms with Crippen LogP contribution in [0.5, 0.6) is 0 Å². The van der Waals surface area contributed by atoms with Crippen LogP contribution in [-0.4, -0.2) is 81.2 Å². The minimum atomic E-state index is -1.50. The number of Topliss-reactive ketones (excluding diaryl/α,β-unsaturated/α-hetero) is 2. The van der Waals surface area contributed by atoms with E-state index >= 15 is 0 Å². The molecule has 2 aromatic rings. The summed E-state index contributed by atoms with van der Waals surface area (Å²) in [6.45, 7) is 4.50. The first kappa shape index (κ1) is 28.4. The molecule has 1 amide bonds. The molecule has 4 rings (SSSR count). The smallest absolute Gasteiger partial charge is 0.303 e. The van der Waals surface area contributed by atoms with Gasteiger partial charge in [-0.3, -0.25) is 33.7 Å². The highest BCUT2D eigenvalue weighted by molar-refractivity contribution is 6.52. The molecule has 212 valence electrons. The van der Waals surface area contributed by atoms with Crippen molar-refractivity contribution in [1.29, 1.82) is 0 Å². The average Bonchev–Trinajstić information content (AvgIpc) is 3.40. The average molecular weight is 559 g/mol. The highest BCUT2D eigenvalue weighted by Gasteiger charge is 2.53. The number of ether oxygens (including phenoxy) is 4. The Morgan fingerprint density at radius 3 is 2.17 bits per heavy atom. The number of anilines is 1. The second-order valence-corrected chi connectivity index (χ2v) is 9.13. The van der Waals surface area contributed by atoms with E-state index < -0.39 is 60.3 Å². The monoisotopic (exact) mass is 558 g/mol. The fraction of sp³-hybridized carbons (Fsp3) is 0.440. The van der Waals surface area contributed by atoms with Crippen LogP contribution < -0.4 is 9.74 Å². The van der Waals surface area contributed by atoms with Crippen molar-refractivity contribution >= 4 is 41.1 Å². The largest absolute Gasteiger partial charge is 0.456 e. The van der Waals surface area contributed by atoms with Gasteiger partial charge in [0.2, 0.25) is 6.10 Å². The van der Waals surface area contributed by atoms with Gasteiger partial charge in [-0.05, 0) is 24.3 Å². The molecule has 2 aliphatic rings. The lowest BCUT2D eigenvalue weighted by Gasteiger charge is -2.43. The normalized spacial score (nSPS) is 23.8. The highest BCUT2D eigenvalue weighted by atomic mass is 16.8. The van der Waals surface area contributed by atoms with Crippen molar-refractivity contribution in [2.75, 3.05) is 4.90 Å². The van der Waals surface area contributed by atoms with Crippen molar-refractivity contribution in [2.45, 2.75) is 71.4 Å². The molecule has 0 N–H and O–H groups in total. The molecule has 40 heavy (non-hydrogen) atoms. The lowest BCUT2D eigenvalue weighted by atomic mass is 9.95. The summed E-state index contributed by atoms with van der Waals surface area (Å²) in [6, 6.07) is 6.51. The molecule has 0 radical (unpaired) electrons. The van der Waals surface area contributed by atoms with Crippen molar-refractivity contribution in [3.8, 4) is 0 Å². The van der Waals surface area contributed by atoms with Gasteiger partial charge in [-0.2, -0.15) is 0 Å². The zero-order chi connectivity index (χ0) is 29.1. The number of carbonyl (C=O) groups is 6. The van der Waals surface area contributed by atoms with E-state index in [1.807, 2.05) is 0 Å². The van der Waals surface area contributed by atoms with E-state index in [-0.39, 0.29) is 30.0 Å². The zero-order valence-electron chi connectivity index (χ0n) is 22.0. The Morgan fingerprint density at radius 2 is 1.52 bits per heavy atom. The number of nitrogens with zero attached hydrogens (tertiary/aromatic N) is 4. The molecule has 1 aromatic carbocycles. The maximum Gasteiger partial charge on any atom is 0.303 e. The molecule has 15 nitrogen and oxygen atoms in total. The van der Waals surface area contributed by atoms with E-state index in [0.717, 1.165) is 25.6 Å². The number of fused-ring (bicyclic) bond motifs is 1. The number of amides is 1. The summed E-state index contributed by atoms with van der Waals surface area (Å²) in [7, 11) is 0. The summed E-state index contributed by atoms with van der Waals surface area (Å²) < 4.78 is 21.9. The van der Waals surface area contributed by atoms with Crippen molar-refractivity contribution in [3.63, 3.8) is 0 Å². The quantitative estimate of drug-likeness (QED) is 0.227. The summed E-state index contributed by atoms with van der Waals surface area (Å²) in [4.78, 5) is 80.3. The molecule has 1 saturated heterocycles. The van der Waals surface area contributed by atoms with Gasteiger partial charge in [0.25, 0.3) is 18.0 Å². The number of rotatable bonds is 9. The minimum Gasteiger partial charge on any atom is -0.456 e. The molecule has 0 spiro atoms. The molecule has 1 fully saturated rings. The van der Waals surface area contributed by atoms with Crippen LogP contribution in [-0.2, 0) is 49.5 Å². The van der Waals surface area contributed by atoms with Gasteiger partial charge in [-0.25, -0.2) is 0 Å². The Bertz CT molecular complexity index is 1360. The van der Waals surface area contributed by atoms with Crippen LogP contribution in [0.15, 0.2) is 30.5 Å². The molecular weight excluding hydrogens is 532 g/mol. The third kappa shape index (κ3) is 6.14. The fourth-order valence-electron chi connectivity index (χ4n) is 4.47. The van der Waals surface area contributed by atoms with Gasteiger partial charge in [-0.1, -0.05) is 17.0 Å². The topological polar surface area (TPSA) is 183 Å². The third-order valence-electron chi connectivity index (χ3n) is 5.92. The molecule has 3 heterocycles. The molecule has 2 aliphatic heterocycles. The molecule has 0 bridgehead atoms. The first-order valence-corrected chi connectivity index (χ1v) is 12.1. The molecule has 0 unspecified atom stereocenters. The second kappa shape index (κ2) is 11.6. The van der Waals surface area contributed by atoms with E-state index in [1.54, 1.807) is 24.3 Å². The van der Waals surface area contributed by atoms with Crippen molar-refractivity contribution in [3.05, 3.63) is 41.7 Å². The number of para-hydroxylation sites is 1. The number of hydrogen-bond acceptors (Lipinski definition) is 13. The number of benzene rings is 1. The Kier molecular flexibility index (Phi) is 8.23. The summed E-state index contributed by atoms with van der Waals surface area (Å²) in [5.74, 6) is -4.03. The maximum absolute atomic E-state index is 12.5. The van der Waals surface area contributed by atoms with Crippen LogP contribution in [0.2, 0.25) is 0 Å². The number of ketones is 2. The Morgan fingerprint density at radius 1 is 0.900 bits per heavy atom. The van der Waals surface area contributed by atoms with Gasteiger partial charge in [-0.15, -0.1) is 5.10 Å². The number of carbonyl (C=O) groups excluding carboxylic acids is 6. The first-order valence-electron chi connectivity index (χ1n) is 12.1. The van der Waals surface area contributed by atoms with Crippen LogP contribution in [0.4, 0.5) is 5.69 Å². The van der Waals surface area contributed by atoms with E-state index in [9.17, 15) is 28.8 Å². The van der Waals surface area contributed by atoms with Crippen LogP contribution in [0.25, 0.3) is 0 Å². The van der Waals surface area contributed by atoms with Gasteiger partial charge in [0.15, 0.2) is 12.2 Å². The van der Waals surface area contributed by atoms with Crippen LogP contribution in [0.3, 0.4) is 0 Å². The lowest BCUT2D eigenvalue weighted by Crippen LogP contribution is -2.63. The molecule has 1 aromatic heterocycles. The zero-order valence-corrected chi connectivity index (χ0v) is 22.0. The van der Waals surface area contributed by atoms with E-state index in [2.05, 4.69) is 10.3 Å². The van der Waals surface area contributed by atoms with Crippen LogP contribution in [0, 0.1) is 0 Å². The fourth-order valence-corrected chi connectivity index (χ4v) is 4.47. The molecule has 0 saturated carbocycles. The van der Waals surface area contributed by atoms with Crippen molar-refractivity contribution < 1.29 is 52.6 Å². The second-order valence-electron chi connectivity index (χ2n) is 9.13. The third-order valence-corrected chi connectivity index (χ3v) is 5.92. The van der Waals surface area contributed by atoms with Gasteiger partial charge in [0.1, 0.15) is 17.6 Å². The first-order chi connectivity index (χ1) is 18.9. The van der Waals surface area contributed by atoms with Crippen LogP contribution in [0.1, 0.15) is 50.2 Å². The van der Waals surface area contributed by atoms with Gasteiger partial charge >= 0.3 is 17.9 Å². The highest BCUT2D eigenvalue weighted by Crippen LogP contribution is 2.31.